The number of hydrogen-bond acceptors (Lipinski definition) is 6. The van der Waals surface area contributed by atoms with Gasteiger partial charge in [0, 0.05) is 32.0 Å². The zero-order chi connectivity index (χ0) is 20.5. The molecule has 0 spiro atoms. The number of carbonyl (C=O) groups excluding carboxylic acids is 1. The number of carbonyl (C=O) groups is 1. The first-order valence-electron chi connectivity index (χ1n) is 8.71. The number of rotatable bonds is 6. The van der Waals surface area contributed by atoms with Crippen molar-refractivity contribution in [2.75, 3.05) is 19.5 Å². The van der Waals surface area contributed by atoms with Crippen LogP contribution in [0, 0.1) is 6.92 Å². The Morgan fingerprint density at radius 1 is 1.36 bits per heavy atom. The van der Waals surface area contributed by atoms with E-state index in [0.717, 1.165) is 15.8 Å². The van der Waals surface area contributed by atoms with Crippen molar-refractivity contribution in [3.63, 3.8) is 0 Å². The summed E-state index contributed by atoms with van der Waals surface area (Å²) in [5.41, 5.74) is 1.98. The van der Waals surface area contributed by atoms with E-state index < -0.39 is 15.7 Å². The molecule has 8 nitrogen and oxygen atoms in total. The average Bonchev–Trinajstić information content (AvgIpc) is 3.13. The van der Waals surface area contributed by atoms with Gasteiger partial charge in [0.1, 0.15) is 5.69 Å². The molecule has 3 rings (SSSR count). The van der Waals surface area contributed by atoms with Gasteiger partial charge in [-0.25, -0.2) is 8.42 Å². The lowest BCUT2D eigenvalue weighted by atomic mass is 10.3. The van der Waals surface area contributed by atoms with Crippen molar-refractivity contribution in [2.45, 2.75) is 25.3 Å². The number of aromatic nitrogens is 3. The third kappa shape index (κ3) is 4.08. The lowest BCUT2D eigenvalue weighted by Gasteiger charge is -2.06. The summed E-state index contributed by atoms with van der Waals surface area (Å²) in [4.78, 5) is 17.8. The molecule has 0 atom stereocenters. The summed E-state index contributed by atoms with van der Waals surface area (Å²) in [6.45, 7) is 5.27. The van der Waals surface area contributed by atoms with Gasteiger partial charge in [-0.2, -0.15) is 10.1 Å². The third-order valence-corrected chi connectivity index (χ3v) is 6.42. The number of nitrogens with zero attached hydrogens (tertiary/aromatic N) is 4. The zero-order valence-electron chi connectivity index (χ0n) is 16.2. The van der Waals surface area contributed by atoms with E-state index in [-0.39, 0.29) is 4.90 Å². The second-order valence-electron chi connectivity index (χ2n) is 6.35. The molecule has 0 aliphatic rings. The van der Waals surface area contributed by atoms with E-state index in [0.29, 0.717) is 30.3 Å². The summed E-state index contributed by atoms with van der Waals surface area (Å²) in [7, 11) is -1.63. The van der Waals surface area contributed by atoms with Crippen LogP contribution >= 0.6 is 11.3 Å². The van der Waals surface area contributed by atoms with Crippen LogP contribution in [0.25, 0.3) is 10.2 Å². The van der Waals surface area contributed by atoms with Gasteiger partial charge < -0.3 is 9.30 Å². The standard InChI is InChI=1S/C18H22N4O4S2/c1-5-26-9-8-22-14-7-6-13(28(4,24)25)10-15(14)27-18(22)20-17(23)16-12(2)11-19-21(16)3/h6-7,10-11H,5,8-9H2,1-4H3. The van der Waals surface area contributed by atoms with Crippen LogP contribution in [0.15, 0.2) is 34.3 Å². The highest BCUT2D eigenvalue weighted by molar-refractivity contribution is 7.90. The van der Waals surface area contributed by atoms with E-state index in [4.69, 9.17) is 4.74 Å². The Kier molecular flexibility index (Phi) is 5.82. The molecule has 28 heavy (non-hydrogen) atoms. The molecule has 2 aromatic heterocycles. The highest BCUT2D eigenvalue weighted by atomic mass is 32.2. The molecule has 150 valence electrons. The maximum absolute atomic E-state index is 12.7. The highest BCUT2D eigenvalue weighted by Gasteiger charge is 2.16. The number of hydrogen-bond donors (Lipinski definition) is 0. The molecule has 0 saturated carbocycles. The van der Waals surface area contributed by atoms with Gasteiger partial charge in [-0.3, -0.25) is 9.48 Å². The number of fused-ring (bicyclic) bond motifs is 1. The summed E-state index contributed by atoms with van der Waals surface area (Å²) in [5, 5.41) is 4.09. The SMILES string of the molecule is CCOCCn1c(=NC(=O)c2c(C)cnn2C)sc2cc(S(C)(=O)=O)ccc21. The van der Waals surface area contributed by atoms with Crippen LogP contribution < -0.4 is 4.80 Å². The van der Waals surface area contributed by atoms with Gasteiger partial charge in [-0.15, -0.1) is 0 Å². The largest absolute Gasteiger partial charge is 0.380 e. The average molecular weight is 423 g/mol. The minimum atomic E-state index is -3.32. The highest BCUT2D eigenvalue weighted by Crippen LogP contribution is 2.22. The number of ether oxygens (including phenoxy) is 1. The molecule has 3 aromatic rings. The molecular formula is C18H22N4O4S2. The van der Waals surface area contributed by atoms with E-state index in [1.165, 1.54) is 22.3 Å². The molecule has 0 unspecified atom stereocenters. The third-order valence-electron chi connectivity index (χ3n) is 4.27. The van der Waals surface area contributed by atoms with E-state index in [2.05, 4.69) is 10.1 Å². The molecule has 10 heteroatoms. The monoisotopic (exact) mass is 422 g/mol. The summed E-state index contributed by atoms with van der Waals surface area (Å²) in [6, 6.07) is 4.93. The summed E-state index contributed by atoms with van der Waals surface area (Å²) >= 11 is 1.28. The van der Waals surface area contributed by atoms with Gasteiger partial charge in [0.25, 0.3) is 5.91 Å². The van der Waals surface area contributed by atoms with Gasteiger partial charge in [0.15, 0.2) is 14.6 Å². The minimum Gasteiger partial charge on any atom is -0.380 e. The normalized spacial score (nSPS) is 12.8. The van der Waals surface area contributed by atoms with Crippen LogP contribution in [0.4, 0.5) is 0 Å². The number of sulfone groups is 1. The van der Waals surface area contributed by atoms with Crippen LogP contribution in [0.1, 0.15) is 23.0 Å². The van der Waals surface area contributed by atoms with Gasteiger partial charge in [0.2, 0.25) is 0 Å². The van der Waals surface area contributed by atoms with E-state index in [9.17, 15) is 13.2 Å². The van der Waals surface area contributed by atoms with Gasteiger partial charge in [0.05, 0.1) is 27.9 Å². The fourth-order valence-electron chi connectivity index (χ4n) is 2.88. The fraction of sp³-hybridized carbons (Fsp3) is 0.389. The van der Waals surface area contributed by atoms with Crippen molar-refractivity contribution in [1.29, 1.82) is 0 Å². The number of aryl methyl sites for hydroxylation is 2. The van der Waals surface area contributed by atoms with Crippen LogP contribution in [0.2, 0.25) is 0 Å². The van der Waals surface area contributed by atoms with E-state index in [1.807, 2.05) is 18.4 Å². The molecule has 1 aromatic carbocycles. The lowest BCUT2D eigenvalue weighted by molar-refractivity contribution is 0.0987. The molecule has 0 bridgehead atoms. The Balaban J connectivity index is 2.16. The van der Waals surface area contributed by atoms with E-state index >= 15 is 0 Å². The van der Waals surface area contributed by atoms with Crippen molar-refractivity contribution in [3.8, 4) is 0 Å². The zero-order valence-corrected chi connectivity index (χ0v) is 17.8. The molecule has 0 aliphatic heterocycles. The van der Waals surface area contributed by atoms with Crippen LogP contribution in [0.3, 0.4) is 0 Å². The van der Waals surface area contributed by atoms with Crippen molar-refractivity contribution in [2.24, 2.45) is 12.0 Å². The van der Waals surface area contributed by atoms with Crippen LogP contribution in [0.5, 0.6) is 0 Å². The topological polar surface area (TPSA) is 95.6 Å². The molecule has 0 saturated heterocycles. The minimum absolute atomic E-state index is 0.235. The second kappa shape index (κ2) is 7.98. The quantitative estimate of drug-likeness (QED) is 0.566. The first-order valence-corrected chi connectivity index (χ1v) is 11.4. The maximum Gasteiger partial charge on any atom is 0.298 e. The van der Waals surface area contributed by atoms with Crippen LogP contribution in [-0.2, 0) is 28.2 Å². The summed E-state index contributed by atoms with van der Waals surface area (Å²) in [5.74, 6) is -0.391. The molecule has 0 radical (unpaired) electrons. The number of amides is 1. The molecule has 0 N–H and O–H groups in total. The van der Waals surface area contributed by atoms with Gasteiger partial charge in [-0.05, 0) is 32.0 Å². The van der Waals surface area contributed by atoms with Crippen molar-refractivity contribution in [3.05, 3.63) is 40.5 Å². The summed E-state index contributed by atoms with van der Waals surface area (Å²) in [6.07, 6.45) is 2.79. The Morgan fingerprint density at radius 2 is 2.11 bits per heavy atom. The van der Waals surface area contributed by atoms with Crippen molar-refractivity contribution in [1.82, 2.24) is 14.3 Å². The number of thiazole rings is 1. The molecule has 2 heterocycles. The number of benzene rings is 1. The van der Waals surface area contributed by atoms with Gasteiger partial charge >= 0.3 is 0 Å². The summed E-state index contributed by atoms with van der Waals surface area (Å²) < 4.78 is 33.3. The Hall–Kier alpha value is -2.30. The predicted molar refractivity (Wildman–Crippen MR) is 107 cm³/mol. The smallest absolute Gasteiger partial charge is 0.298 e. The van der Waals surface area contributed by atoms with Crippen molar-refractivity contribution >= 4 is 37.3 Å². The Morgan fingerprint density at radius 3 is 2.71 bits per heavy atom. The molecular weight excluding hydrogens is 400 g/mol. The Labute approximate surface area is 167 Å². The first-order chi connectivity index (χ1) is 13.2. The fourth-order valence-corrected chi connectivity index (χ4v) is 4.70. The molecule has 1 amide bonds. The van der Waals surface area contributed by atoms with Gasteiger partial charge in [-0.1, -0.05) is 11.3 Å². The molecule has 0 aliphatic carbocycles. The lowest BCUT2D eigenvalue weighted by Crippen LogP contribution is -2.20. The van der Waals surface area contributed by atoms with Crippen LogP contribution in [-0.4, -0.2) is 48.1 Å². The Bertz CT molecular complexity index is 1180. The second-order valence-corrected chi connectivity index (χ2v) is 9.38. The molecule has 0 fully saturated rings. The van der Waals surface area contributed by atoms with Crippen molar-refractivity contribution < 1.29 is 17.9 Å². The first kappa shape index (κ1) is 20.4. The maximum atomic E-state index is 12.7. The van der Waals surface area contributed by atoms with E-state index in [1.54, 1.807) is 31.4 Å². The predicted octanol–water partition coefficient (Wildman–Crippen LogP) is 1.93.